The number of fused-ring (bicyclic) bond motifs is 1. The van der Waals surface area contributed by atoms with E-state index in [0.29, 0.717) is 44.6 Å². The molecule has 0 bridgehead atoms. The minimum atomic E-state index is -3.88. The van der Waals surface area contributed by atoms with E-state index < -0.39 is 45.8 Å². The monoisotopic (exact) mass is 510 g/mol. The van der Waals surface area contributed by atoms with E-state index in [9.17, 15) is 27.5 Å². The highest BCUT2D eigenvalue weighted by atomic mass is 32.2. The maximum absolute atomic E-state index is 13.5. The lowest BCUT2D eigenvalue weighted by molar-refractivity contribution is -0.147. The summed E-state index contributed by atoms with van der Waals surface area (Å²) in [5.74, 6) is -2.99. The highest BCUT2D eigenvalue weighted by molar-refractivity contribution is 7.86. The zero-order chi connectivity index (χ0) is 25.5. The van der Waals surface area contributed by atoms with Crippen molar-refractivity contribution in [2.45, 2.75) is 31.6 Å². The van der Waals surface area contributed by atoms with E-state index in [4.69, 9.17) is 5.73 Å². The molecule has 3 heterocycles. The zero-order valence-electron chi connectivity index (χ0n) is 19.8. The number of rotatable bonds is 6. The average Bonchev–Trinajstić information content (AvgIpc) is 2.82. The van der Waals surface area contributed by atoms with Gasteiger partial charge >= 0.3 is 0 Å². The van der Waals surface area contributed by atoms with Gasteiger partial charge in [-0.3, -0.25) is 9.59 Å². The number of amides is 2. The largest absolute Gasteiger partial charge is 0.501 e. The topological polar surface area (TPSA) is 131 Å². The van der Waals surface area contributed by atoms with Crippen LogP contribution in [-0.4, -0.2) is 108 Å². The van der Waals surface area contributed by atoms with E-state index in [1.807, 2.05) is 11.9 Å². The Labute approximate surface area is 204 Å². The quantitative estimate of drug-likeness (QED) is 0.534. The molecule has 192 valence electrons. The number of hydrogen-bond donors (Lipinski definition) is 2. The molecule has 4 rings (SSSR count). The lowest BCUT2D eigenvalue weighted by atomic mass is 9.96. The summed E-state index contributed by atoms with van der Waals surface area (Å²) in [4.78, 5) is 30.3. The van der Waals surface area contributed by atoms with Crippen molar-refractivity contribution in [3.05, 3.63) is 47.1 Å². The number of likely N-dealkylation sites (N-methyl/N-ethyl adjacent to an activating group) is 2. The van der Waals surface area contributed by atoms with E-state index >= 15 is 0 Å². The third-order valence-corrected chi connectivity index (χ3v) is 8.99. The fraction of sp³-hybridized carbons (Fsp3) is 0.545. The lowest BCUT2D eigenvalue weighted by Gasteiger charge is -2.52. The maximum Gasteiger partial charge on any atom is 0.292 e. The second-order valence-electron chi connectivity index (χ2n) is 9.16. The summed E-state index contributed by atoms with van der Waals surface area (Å²) in [5.41, 5.74) is 5.79. The molecule has 0 aromatic heterocycles. The Morgan fingerprint density at radius 3 is 2.40 bits per heavy atom. The molecule has 0 aliphatic carbocycles. The van der Waals surface area contributed by atoms with Crippen LogP contribution in [0.4, 0.5) is 4.39 Å². The van der Waals surface area contributed by atoms with Crippen LogP contribution in [0, 0.1) is 5.82 Å². The van der Waals surface area contributed by atoms with E-state index in [0.717, 1.165) is 0 Å². The lowest BCUT2D eigenvalue weighted by Crippen LogP contribution is -2.68. The van der Waals surface area contributed by atoms with Crippen LogP contribution in [0.25, 0.3) is 0 Å². The third kappa shape index (κ3) is 4.73. The van der Waals surface area contributed by atoms with Crippen LogP contribution in [-0.2, 0) is 26.3 Å². The number of nitrogens with two attached hydrogens (primary N) is 1. The van der Waals surface area contributed by atoms with Crippen LogP contribution < -0.4 is 5.73 Å². The van der Waals surface area contributed by atoms with Crippen LogP contribution in [0.2, 0.25) is 0 Å². The summed E-state index contributed by atoms with van der Waals surface area (Å²) >= 11 is 0. The molecule has 2 fully saturated rings. The summed E-state index contributed by atoms with van der Waals surface area (Å²) in [6, 6.07) is 4.86. The van der Waals surface area contributed by atoms with Crippen molar-refractivity contribution in [1.29, 1.82) is 0 Å². The first kappa shape index (κ1) is 25.4. The molecule has 3 aliphatic rings. The van der Waals surface area contributed by atoms with Crippen molar-refractivity contribution in [1.82, 2.24) is 23.3 Å². The molecule has 0 saturated carbocycles. The first-order chi connectivity index (χ1) is 16.5. The molecular weight excluding hydrogens is 479 g/mol. The van der Waals surface area contributed by atoms with Crippen LogP contribution in [0.1, 0.15) is 18.4 Å². The number of hydrogen-bond acceptors (Lipinski definition) is 7. The van der Waals surface area contributed by atoms with Gasteiger partial charge in [-0.15, -0.1) is 0 Å². The van der Waals surface area contributed by atoms with Gasteiger partial charge in [0.05, 0.1) is 6.04 Å². The normalized spacial score (nSPS) is 24.7. The van der Waals surface area contributed by atoms with Gasteiger partial charge in [-0.05, 0) is 37.6 Å². The van der Waals surface area contributed by atoms with Crippen LogP contribution in [0.5, 0.6) is 0 Å². The summed E-state index contributed by atoms with van der Waals surface area (Å²) in [6.45, 7) is 2.18. The number of aliphatic hydroxyl groups excluding tert-OH is 1. The van der Waals surface area contributed by atoms with Crippen molar-refractivity contribution in [3.63, 3.8) is 0 Å². The van der Waals surface area contributed by atoms with Crippen molar-refractivity contribution in [3.8, 4) is 0 Å². The van der Waals surface area contributed by atoms with Crippen molar-refractivity contribution < 1.29 is 27.5 Å². The van der Waals surface area contributed by atoms with Gasteiger partial charge in [0.1, 0.15) is 12.0 Å². The smallest absolute Gasteiger partial charge is 0.292 e. The predicted octanol–water partition coefficient (Wildman–Crippen LogP) is -0.363. The van der Waals surface area contributed by atoms with Crippen molar-refractivity contribution >= 4 is 22.0 Å². The third-order valence-electron chi connectivity index (χ3n) is 6.98. The Kier molecular flexibility index (Phi) is 7.04. The van der Waals surface area contributed by atoms with Gasteiger partial charge in [0, 0.05) is 46.3 Å². The second-order valence-corrected chi connectivity index (χ2v) is 11.2. The number of benzene rings is 1. The van der Waals surface area contributed by atoms with E-state index in [-0.39, 0.29) is 18.8 Å². The SMILES string of the molecule is CN1CCN(S(=O)(=O)N(C)C2CCCN3C(=O)C(O)=C(C(N)=O)N(Cc4ccc(F)cc4)C23)CC1. The summed E-state index contributed by atoms with van der Waals surface area (Å²) < 4.78 is 43.3. The van der Waals surface area contributed by atoms with Crippen LogP contribution in [0.15, 0.2) is 35.7 Å². The number of halogens is 1. The molecule has 13 heteroatoms. The van der Waals surface area contributed by atoms with Gasteiger partial charge < -0.3 is 25.5 Å². The molecule has 3 aliphatic heterocycles. The first-order valence-corrected chi connectivity index (χ1v) is 12.9. The van der Waals surface area contributed by atoms with Gasteiger partial charge in [-0.2, -0.15) is 17.0 Å². The molecule has 2 atom stereocenters. The number of piperidine rings is 1. The molecular formula is C22H31FN6O5S. The molecule has 35 heavy (non-hydrogen) atoms. The number of carbonyl (C=O) groups excluding carboxylic acids is 2. The van der Waals surface area contributed by atoms with E-state index in [2.05, 4.69) is 0 Å². The van der Waals surface area contributed by atoms with Crippen molar-refractivity contribution in [2.24, 2.45) is 5.73 Å². The summed E-state index contributed by atoms with van der Waals surface area (Å²) in [6.07, 6.45) is 0.0657. The number of aliphatic hydroxyl groups is 1. The Morgan fingerprint density at radius 2 is 1.80 bits per heavy atom. The molecule has 2 unspecified atom stereocenters. The number of nitrogens with zero attached hydrogens (tertiary/aromatic N) is 5. The minimum absolute atomic E-state index is 0.00988. The first-order valence-electron chi connectivity index (χ1n) is 11.5. The number of piperazine rings is 1. The Bertz CT molecular complexity index is 1120. The zero-order valence-corrected chi connectivity index (χ0v) is 20.6. The summed E-state index contributed by atoms with van der Waals surface area (Å²) in [5, 5.41) is 10.6. The van der Waals surface area contributed by atoms with Gasteiger partial charge in [-0.25, -0.2) is 4.39 Å². The molecule has 2 saturated heterocycles. The second kappa shape index (κ2) is 9.72. The number of carbonyl (C=O) groups is 2. The molecule has 11 nitrogen and oxygen atoms in total. The average molecular weight is 511 g/mol. The fourth-order valence-corrected chi connectivity index (χ4v) is 6.57. The predicted molar refractivity (Wildman–Crippen MR) is 125 cm³/mol. The molecule has 3 N–H and O–H groups in total. The van der Waals surface area contributed by atoms with Gasteiger partial charge in [0.25, 0.3) is 22.0 Å². The van der Waals surface area contributed by atoms with E-state index in [1.54, 1.807) is 0 Å². The molecule has 0 radical (unpaired) electrons. The molecule has 0 spiro atoms. The van der Waals surface area contributed by atoms with Crippen LogP contribution in [0.3, 0.4) is 0 Å². The Balaban J connectivity index is 1.73. The molecule has 1 aromatic rings. The van der Waals surface area contributed by atoms with Crippen molar-refractivity contribution in [2.75, 3.05) is 46.8 Å². The van der Waals surface area contributed by atoms with E-state index in [1.165, 1.54) is 49.7 Å². The van der Waals surface area contributed by atoms with Gasteiger partial charge in [-0.1, -0.05) is 12.1 Å². The Morgan fingerprint density at radius 1 is 1.17 bits per heavy atom. The minimum Gasteiger partial charge on any atom is -0.501 e. The van der Waals surface area contributed by atoms with Crippen LogP contribution >= 0.6 is 0 Å². The summed E-state index contributed by atoms with van der Waals surface area (Å²) in [7, 11) is -0.470. The molecule has 2 amide bonds. The maximum atomic E-state index is 13.5. The van der Waals surface area contributed by atoms with Gasteiger partial charge in [0.2, 0.25) is 5.76 Å². The highest BCUT2D eigenvalue weighted by Crippen LogP contribution is 2.35. The molecule has 1 aromatic carbocycles. The standard InChI is InChI=1S/C22H31FN6O5S/c1-25-10-12-27(13-11-25)35(33,34)26(2)17-4-3-9-28-21(17)29(14-15-5-7-16(23)8-6-15)18(20(24)31)19(30)22(28)32/h5-8,17,21,30H,3-4,9-14H2,1-2H3,(H2,24,31). The fourth-order valence-electron chi connectivity index (χ4n) is 5.02. The van der Waals surface area contributed by atoms with Gasteiger partial charge in [0.15, 0.2) is 5.70 Å². The number of primary amides is 1. The Hall–Kier alpha value is -2.74. The highest BCUT2D eigenvalue weighted by Gasteiger charge is 2.50.